The number of ether oxygens (including phenoxy) is 1. The molecule has 1 aromatic rings. The fraction of sp³-hybridized carbons (Fsp3) is 0.600. The normalized spacial score (nSPS) is 17.9. The number of alkyl carbamates (subject to hydrolysis) is 1. The molecule has 0 saturated carbocycles. The van der Waals surface area contributed by atoms with Gasteiger partial charge in [-0.15, -0.1) is 0 Å². The second-order valence-electron chi connectivity index (χ2n) is 7.24. The zero-order valence-electron chi connectivity index (χ0n) is 16.5. The topological polar surface area (TPSA) is 82.1 Å². The first-order valence-electron chi connectivity index (χ1n) is 9.56. The van der Waals surface area contributed by atoms with Crippen molar-refractivity contribution >= 4 is 12.1 Å². The van der Waals surface area contributed by atoms with E-state index in [1.54, 1.807) is 4.90 Å². The Balaban J connectivity index is 1.90. The number of piperazine rings is 1. The van der Waals surface area contributed by atoms with E-state index >= 15 is 0 Å². The lowest BCUT2D eigenvalue weighted by Gasteiger charge is -2.43. The first-order chi connectivity index (χ1) is 12.8. The van der Waals surface area contributed by atoms with Crippen LogP contribution in [0, 0.1) is 6.92 Å². The summed E-state index contributed by atoms with van der Waals surface area (Å²) in [5.74, 6) is -1.08. The summed E-state index contributed by atoms with van der Waals surface area (Å²) in [6, 6.07) is 8.44. The van der Waals surface area contributed by atoms with Gasteiger partial charge in [0, 0.05) is 32.7 Å². The second kappa shape index (κ2) is 9.71. The number of nitrogens with one attached hydrogen (secondary N) is 1. The van der Waals surface area contributed by atoms with Gasteiger partial charge in [0.2, 0.25) is 0 Å². The van der Waals surface area contributed by atoms with Crippen LogP contribution in [-0.4, -0.2) is 65.4 Å². The maximum Gasteiger partial charge on any atom is 0.409 e. The number of aliphatic carboxylic acids is 1. The Labute approximate surface area is 161 Å². The quantitative estimate of drug-likeness (QED) is 0.677. The Bertz CT molecular complexity index is 627. The minimum absolute atomic E-state index is 0.294. The molecule has 1 saturated heterocycles. The van der Waals surface area contributed by atoms with E-state index in [-0.39, 0.29) is 0 Å². The van der Waals surface area contributed by atoms with E-state index in [1.807, 2.05) is 6.92 Å². The Morgan fingerprint density at radius 2 is 1.81 bits per heavy atom. The highest BCUT2D eigenvalue weighted by atomic mass is 16.5. The van der Waals surface area contributed by atoms with Crippen LogP contribution < -0.4 is 5.32 Å². The van der Waals surface area contributed by atoms with Crippen molar-refractivity contribution in [1.29, 1.82) is 0 Å². The summed E-state index contributed by atoms with van der Waals surface area (Å²) in [5, 5.41) is 12.2. The van der Waals surface area contributed by atoms with Crippen LogP contribution in [-0.2, 0) is 16.1 Å². The van der Waals surface area contributed by atoms with E-state index in [4.69, 9.17) is 4.74 Å². The number of amides is 1. The van der Waals surface area contributed by atoms with Crippen molar-refractivity contribution in [2.24, 2.45) is 0 Å². The van der Waals surface area contributed by atoms with Gasteiger partial charge < -0.3 is 9.84 Å². The molecule has 1 aromatic carbocycles. The van der Waals surface area contributed by atoms with E-state index in [1.165, 1.54) is 18.1 Å². The van der Waals surface area contributed by atoms with Crippen LogP contribution in [0.2, 0.25) is 0 Å². The number of hydrogen-bond donors (Lipinski definition) is 2. The van der Waals surface area contributed by atoms with Crippen LogP contribution >= 0.6 is 0 Å². The molecule has 0 spiro atoms. The molecule has 1 amide bonds. The smallest absolute Gasteiger partial charge is 0.409 e. The van der Waals surface area contributed by atoms with Crippen molar-refractivity contribution in [3.05, 3.63) is 35.4 Å². The molecule has 1 atom stereocenters. The van der Waals surface area contributed by atoms with Gasteiger partial charge in [-0.05, 0) is 25.8 Å². The largest absolute Gasteiger partial charge is 0.478 e. The molecule has 1 heterocycles. The number of carboxylic acids is 1. The Morgan fingerprint density at radius 3 is 2.37 bits per heavy atom. The fourth-order valence-corrected chi connectivity index (χ4v) is 3.12. The van der Waals surface area contributed by atoms with E-state index in [0.717, 1.165) is 32.5 Å². The van der Waals surface area contributed by atoms with Crippen LogP contribution in [0.1, 0.15) is 37.8 Å². The summed E-state index contributed by atoms with van der Waals surface area (Å²) in [5.41, 5.74) is 1.00. The summed E-state index contributed by atoms with van der Waals surface area (Å²) in [4.78, 5) is 27.9. The summed E-state index contributed by atoms with van der Waals surface area (Å²) < 4.78 is 5.08. The maximum atomic E-state index is 12.0. The van der Waals surface area contributed by atoms with Crippen LogP contribution in [0.15, 0.2) is 24.3 Å². The van der Waals surface area contributed by atoms with Crippen molar-refractivity contribution < 1.29 is 19.4 Å². The molecular formula is C20H31N3O4. The number of unbranched alkanes of at least 4 members (excludes halogenated alkanes) is 1. The minimum atomic E-state index is -1.47. The molecule has 150 valence electrons. The predicted octanol–water partition coefficient (Wildman–Crippen LogP) is 2.44. The molecule has 1 aliphatic rings. The lowest BCUT2D eigenvalue weighted by atomic mass is 10.1. The standard InChI is InChI=1S/C20H31N3O4/c1-4-5-14-27-19(26)21-20(3,18(24)25)23-12-10-22(11-13-23)15-17-8-6-16(2)7-9-17/h6-9H,4-5,10-15H2,1-3H3,(H,21,26)(H,24,25). The number of hydrogen-bond acceptors (Lipinski definition) is 5. The van der Waals surface area contributed by atoms with Gasteiger partial charge in [-0.2, -0.15) is 0 Å². The summed E-state index contributed by atoms with van der Waals surface area (Å²) >= 11 is 0. The van der Waals surface area contributed by atoms with Crippen LogP contribution in [0.4, 0.5) is 4.79 Å². The molecule has 7 heteroatoms. The van der Waals surface area contributed by atoms with Crippen molar-refractivity contribution in [3.63, 3.8) is 0 Å². The molecule has 0 aromatic heterocycles. The summed E-state index contributed by atoms with van der Waals surface area (Å²) in [7, 11) is 0. The molecule has 2 N–H and O–H groups in total. The average Bonchev–Trinajstić information content (AvgIpc) is 2.64. The van der Waals surface area contributed by atoms with Crippen molar-refractivity contribution in [2.45, 2.75) is 45.8 Å². The van der Waals surface area contributed by atoms with E-state index in [2.05, 4.69) is 41.4 Å². The summed E-state index contributed by atoms with van der Waals surface area (Å²) in [6.07, 6.45) is 0.983. The third-order valence-corrected chi connectivity index (χ3v) is 5.02. The van der Waals surface area contributed by atoms with Gasteiger partial charge in [-0.3, -0.25) is 15.1 Å². The predicted molar refractivity (Wildman–Crippen MR) is 103 cm³/mol. The third-order valence-electron chi connectivity index (χ3n) is 5.02. The minimum Gasteiger partial charge on any atom is -0.478 e. The molecule has 0 aliphatic carbocycles. The number of carbonyl (C=O) groups excluding carboxylic acids is 1. The van der Waals surface area contributed by atoms with Gasteiger partial charge in [-0.25, -0.2) is 9.59 Å². The maximum absolute atomic E-state index is 12.0. The SMILES string of the molecule is CCCCOC(=O)NC(C)(C(=O)O)N1CCN(Cc2ccc(C)cc2)CC1. The summed E-state index contributed by atoms with van der Waals surface area (Å²) in [6.45, 7) is 9.31. The zero-order chi connectivity index (χ0) is 19.9. The van der Waals surface area contributed by atoms with Gasteiger partial charge in [0.05, 0.1) is 6.61 Å². The lowest BCUT2D eigenvalue weighted by molar-refractivity contribution is -0.154. The van der Waals surface area contributed by atoms with Gasteiger partial charge >= 0.3 is 12.1 Å². The first-order valence-corrected chi connectivity index (χ1v) is 9.56. The number of carboxylic acid groups (broad SMARTS) is 1. The molecule has 27 heavy (non-hydrogen) atoms. The average molecular weight is 377 g/mol. The van der Waals surface area contributed by atoms with E-state index < -0.39 is 17.7 Å². The van der Waals surface area contributed by atoms with Crippen molar-refractivity contribution in [3.8, 4) is 0 Å². The molecule has 0 bridgehead atoms. The van der Waals surface area contributed by atoms with E-state index in [0.29, 0.717) is 19.7 Å². The fourth-order valence-electron chi connectivity index (χ4n) is 3.12. The highest BCUT2D eigenvalue weighted by molar-refractivity contribution is 5.83. The number of carbonyl (C=O) groups is 2. The van der Waals surface area contributed by atoms with Gasteiger partial charge in [0.15, 0.2) is 5.66 Å². The lowest BCUT2D eigenvalue weighted by Crippen LogP contribution is -2.67. The third kappa shape index (κ3) is 5.94. The van der Waals surface area contributed by atoms with Crippen LogP contribution in [0.5, 0.6) is 0 Å². The number of rotatable bonds is 8. The Hall–Kier alpha value is -2.12. The van der Waals surface area contributed by atoms with Gasteiger partial charge in [-0.1, -0.05) is 43.2 Å². The Kier molecular flexibility index (Phi) is 7.62. The van der Waals surface area contributed by atoms with E-state index in [9.17, 15) is 14.7 Å². The number of aryl methyl sites for hydroxylation is 1. The van der Waals surface area contributed by atoms with Crippen LogP contribution in [0.3, 0.4) is 0 Å². The number of nitrogens with zero attached hydrogens (tertiary/aromatic N) is 2. The Morgan fingerprint density at radius 1 is 1.19 bits per heavy atom. The molecule has 1 aliphatic heterocycles. The highest BCUT2D eigenvalue weighted by Gasteiger charge is 2.42. The molecule has 0 radical (unpaired) electrons. The molecule has 7 nitrogen and oxygen atoms in total. The van der Waals surface area contributed by atoms with Crippen LogP contribution in [0.25, 0.3) is 0 Å². The van der Waals surface area contributed by atoms with Gasteiger partial charge in [0.25, 0.3) is 0 Å². The van der Waals surface area contributed by atoms with Crippen molar-refractivity contribution in [2.75, 3.05) is 32.8 Å². The molecule has 1 fully saturated rings. The van der Waals surface area contributed by atoms with Crippen molar-refractivity contribution in [1.82, 2.24) is 15.1 Å². The molecular weight excluding hydrogens is 346 g/mol. The first kappa shape index (κ1) is 21.2. The highest BCUT2D eigenvalue weighted by Crippen LogP contribution is 2.17. The monoisotopic (exact) mass is 377 g/mol. The molecule has 2 rings (SSSR count). The van der Waals surface area contributed by atoms with Gasteiger partial charge in [0.1, 0.15) is 0 Å². The molecule has 1 unspecified atom stereocenters. The number of benzene rings is 1. The zero-order valence-corrected chi connectivity index (χ0v) is 16.5. The second-order valence-corrected chi connectivity index (χ2v) is 7.24.